The highest BCUT2D eigenvalue weighted by molar-refractivity contribution is 5.77. The molecule has 1 aliphatic carbocycles. The molecule has 70 valence electrons. The lowest BCUT2D eigenvalue weighted by molar-refractivity contribution is -0.119. The van der Waals surface area contributed by atoms with Crippen molar-refractivity contribution < 1.29 is 9.90 Å². The van der Waals surface area contributed by atoms with Crippen molar-refractivity contribution >= 4 is 5.91 Å². The molecule has 2 atom stereocenters. The topological polar surface area (TPSA) is 61.4 Å². The Morgan fingerprint density at radius 2 is 2.33 bits per heavy atom. The van der Waals surface area contributed by atoms with Crippen LogP contribution in [0.1, 0.15) is 19.3 Å². The molecule has 1 rings (SSSR count). The first-order valence-electron chi connectivity index (χ1n) is 4.36. The third-order valence-electron chi connectivity index (χ3n) is 2.28. The van der Waals surface area contributed by atoms with Crippen molar-refractivity contribution in [3.05, 3.63) is 0 Å². The molecule has 0 spiro atoms. The average molecular weight is 172 g/mol. The summed E-state index contributed by atoms with van der Waals surface area (Å²) < 4.78 is 0. The molecule has 0 aromatic heterocycles. The van der Waals surface area contributed by atoms with Crippen LogP contribution in [0.2, 0.25) is 0 Å². The van der Waals surface area contributed by atoms with Gasteiger partial charge in [-0.3, -0.25) is 4.79 Å². The summed E-state index contributed by atoms with van der Waals surface area (Å²) in [6.07, 6.45) is 2.60. The predicted molar refractivity (Wildman–Crippen MR) is 45.7 cm³/mol. The number of nitrogens with one attached hydrogen (secondary N) is 2. The summed E-state index contributed by atoms with van der Waals surface area (Å²) in [6.45, 7) is 0.304. The second-order valence-electron chi connectivity index (χ2n) is 3.16. The lowest BCUT2D eigenvalue weighted by Crippen LogP contribution is -2.41. The van der Waals surface area contributed by atoms with E-state index in [2.05, 4.69) is 10.6 Å². The minimum atomic E-state index is -0.269. The molecule has 0 aromatic carbocycles. The van der Waals surface area contributed by atoms with E-state index < -0.39 is 0 Å². The van der Waals surface area contributed by atoms with Crippen LogP contribution in [-0.4, -0.2) is 36.8 Å². The van der Waals surface area contributed by atoms with Crippen molar-refractivity contribution in [1.82, 2.24) is 10.6 Å². The normalized spacial score (nSPS) is 28.8. The quantitative estimate of drug-likeness (QED) is 0.524. The molecule has 4 heteroatoms. The molecular formula is C8H16N2O2. The third-order valence-corrected chi connectivity index (χ3v) is 2.28. The van der Waals surface area contributed by atoms with Gasteiger partial charge in [-0.25, -0.2) is 0 Å². The minimum absolute atomic E-state index is 0.0332. The first-order chi connectivity index (χ1) is 5.74. The number of aliphatic hydroxyl groups is 1. The van der Waals surface area contributed by atoms with E-state index in [0.29, 0.717) is 6.54 Å². The van der Waals surface area contributed by atoms with Crippen LogP contribution in [0.4, 0.5) is 0 Å². The van der Waals surface area contributed by atoms with Crippen LogP contribution in [0, 0.1) is 0 Å². The van der Waals surface area contributed by atoms with Crippen LogP contribution in [0.3, 0.4) is 0 Å². The number of likely N-dealkylation sites (N-methyl/N-ethyl adjacent to an activating group) is 1. The van der Waals surface area contributed by atoms with E-state index in [1.54, 1.807) is 7.05 Å². The Kier molecular flexibility index (Phi) is 3.49. The molecule has 4 nitrogen and oxygen atoms in total. The van der Waals surface area contributed by atoms with Crippen molar-refractivity contribution in [2.45, 2.75) is 31.4 Å². The Morgan fingerprint density at radius 3 is 2.83 bits per heavy atom. The van der Waals surface area contributed by atoms with E-state index in [4.69, 9.17) is 0 Å². The van der Waals surface area contributed by atoms with E-state index in [0.717, 1.165) is 19.3 Å². The molecular weight excluding hydrogens is 156 g/mol. The van der Waals surface area contributed by atoms with E-state index in [-0.39, 0.29) is 18.1 Å². The van der Waals surface area contributed by atoms with Crippen molar-refractivity contribution in [2.24, 2.45) is 0 Å². The van der Waals surface area contributed by atoms with Gasteiger partial charge in [0.15, 0.2) is 0 Å². The lowest BCUT2D eigenvalue weighted by atomic mass is 10.2. The summed E-state index contributed by atoms with van der Waals surface area (Å²) in [7, 11) is 1.61. The number of hydrogen-bond acceptors (Lipinski definition) is 3. The monoisotopic (exact) mass is 172 g/mol. The maximum atomic E-state index is 10.8. The zero-order valence-electron chi connectivity index (χ0n) is 7.34. The summed E-state index contributed by atoms with van der Waals surface area (Å²) in [5.74, 6) is -0.0332. The smallest absolute Gasteiger partial charge is 0.233 e. The van der Waals surface area contributed by atoms with Gasteiger partial charge in [0.1, 0.15) is 0 Å². The van der Waals surface area contributed by atoms with E-state index in [1.807, 2.05) is 0 Å². The highest BCUT2D eigenvalue weighted by Crippen LogP contribution is 2.18. The molecule has 0 saturated heterocycles. The number of rotatable bonds is 3. The summed E-state index contributed by atoms with van der Waals surface area (Å²) in [4.78, 5) is 10.8. The number of aliphatic hydroxyl groups excluding tert-OH is 1. The van der Waals surface area contributed by atoms with E-state index in [9.17, 15) is 9.90 Å². The predicted octanol–water partition coefficient (Wildman–Crippen LogP) is -0.765. The van der Waals surface area contributed by atoms with Crippen molar-refractivity contribution in [1.29, 1.82) is 0 Å². The van der Waals surface area contributed by atoms with Crippen molar-refractivity contribution in [3.63, 3.8) is 0 Å². The summed E-state index contributed by atoms with van der Waals surface area (Å²) in [5, 5.41) is 14.9. The molecule has 1 aliphatic rings. The minimum Gasteiger partial charge on any atom is -0.392 e. The van der Waals surface area contributed by atoms with Crippen LogP contribution < -0.4 is 10.6 Å². The van der Waals surface area contributed by atoms with E-state index >= 15 is 0 Å². The van der Waals surface area contributed by atoms with Gasteiger partial charge in [0.2, 0.25) is 5.91 Å². The zero-order chi connectivity index (χ0) is 8.97. The van der Waals surface area contributed by atoms with Crippen molar-refractivity contribution in [3.8, 4) is 0 Å². The summed E-state index contributed by atoms with van der Waals surface area (Å²) >= 11 is 0. The number of hydrogen-bond donors (Lipinski definition) is 3. The molecule has 0 radical (unpaired) electrons. The highest BCUT2D eigenvalue weighted by Gasteiger charge is 2.24. The van der Waals surface area contributed by atoms with Crippen LogP contribution >= 0.6 is 0 Å². The lowest BCUT2D eigenvalue weighted by Gasteiger charge is -2.15. The number of carbonyl (C=O) groups excluding carboxylic acids is 1. The first-order valence-corrected chi connectivity index (χ1v) is 4.36. The highest BCUT2D eigenvalue weighted by atomic mass is 16.3. The fourth-order valence-corrected chi connectivity index (χ4v) is 1.49. The molecule has 1 fully saturated rings. The molecule has 1 amide bonds. The molecule has 0 heterocycles. The van der Waals surface area contributed by atoms with Crippen LogP contribution in [-0.2, 0) is 4.79 Å². The van der Waals surface area contributed by atoms with Crippen LogP contribution in [0.5, 0.6) is 0 Å². The molecule has 0 aromatic rings. The van der Waals surface area contributed by atoms with Gasteiger partial charge in [0.05, 0.1) is 12.6 Å². The Hall–Kier alpha value is -0.610. The summed E-state index contributed by atoms with van der Waals surface area (Å²) in [5.41, 5.74) is 0. The number of amides is 1. The average Bonchev–Trinajstić information content (AvgIpc) is 2.47. The van der Waals surface area contributed by atoms with E-state index in [1.165, 1.54) is 0 Å². The Morgan fingerprint density at radius 1 is 1.58 bits per heavy atom. The van der Waals surface area contributed by atoms with Gasteiger partial charge < -0.3 is 15.7 Å². The van der Waals surface area contributed by atoms with Crippen LogP contribution in [0.15, 0.2) is 0 Å². The fourth-order valence-electron chi connectivity index (χ4n) is 1.49. The van der Waals surface area contributed by atoms with Gasteiger partial charge in [-0.05, 0) is 19.3 Å². The molecule has 1 saturated carbocycles. The third kappa shape index (κ3) is 2.46. The van der Waals surface area contributed by atoms with Gasteiger partial charge in [-0.15, -0.1) is 0 Å². The van der Waals surface area contributed by atoms with Gasteiger partial charge in [-0.1, -0.05) is 0 Å². The van der Waals surface area contributed by atoms with Gasteiger partial charge >= 0.3 is 0 Å². The molecule has 0 bridgehead atoms. The largest absolute Gasteiger partial charge is 0.392 e. The SMILES string of the molecule is CNC(=O)CN[C@H]1CCC[C@@H]1O. The Bertz CT molecular complexity index is 161. The molecule has 12 heavy (non-hydrogen) atoms. The number of carbonyl (C=O) groups is 1. The maximum absolute atomic E-state index is 10.8. The van der Waals surface area contributed by atoms with Crippen LogP contribution in [0.25, 0.3) is 0 Å². The Balaban J connectivity index is 2.18. The molecule has 0 unspecified atom stereocenters. The van der Waals surface area contributed by atoms with Gasteiger partial charge in [-0.2, -0.15) is 0 Å². The van der Waals surface area contributed by atoms with Crippen molar-refractivity contribution in [2.75, 3.05) is 13.6 Å². The maximum Gasteiger partial charge on any atom is 0.233 e. The Labute approximate surface area is 72.3 Å². The second-order valence-corrected chi connectivity index (χ2v) is 3.16. The zero-order valence-corrected chi connectivity index (χ0v) is 7.34. The first kappa shape index (κ1) is 9.48. The molecule has 0 aliphatic heterocycles. The van der Waals surface area contributed by atoms with Gasteiger partial charge in [0.25, 0.3) is 0 Å². The second kappa shape index (κ2) is 4.42. The molecule has 3 N–H and O–H groups in total. The van der Waals surface area contributed by atoms with Gasteiger partial charge in [0, 0.05) is 13.1 Å². The summed E-state index contributed by atoms with van der Waals surface area (Å²) in [6, 6.07) is 0.113. The standard InChI is InChI=1S/C8H16N2O2/c1-9-8(12)5-10-6-3-2-4-7(6)11/h6-7,10-11H,2-5H2,1H3,(H,9,12)/t6-,7-/m0/s1. The fraction of sp³-hybridized carbons (Fsp3) is 0.875.